The Morgan fingerprint density at radius 1 is 1.29 bits per heavy atom. The lowest BCUT2D eigenvalue weighted by Crippen LogP contribution is -2.33. The highest BCUT2D eigenvalue weighted by Gasteiger charge is 2.33. The maximum absolute atomic E-state index is 13.0. The maximum atomic E-state index is 13.0. The van der Waals surface area contributed by atoms with E-state index in [2.05, 4.69) is 9.98 Å². The van der Waals surface area contributed by atoms with Gasteiger partial charge in [-0.3, -0.25) is 9.79 Å². The summed E-state index contributed by atoms with van der Waals surface area (Å²) in [6.45, 7) is 8.02. The average Bonchev–Trinajstić information content (AvgIpc) is 3.07. The standard InChI is InChI=1S/C24H29F3N4O3/c1-5-31-12-14(9-19(31)33)11-29-21(23(3,4)34)16-6-7-17(30-22(16)28)20-13(2)8-15(10-18(20)32)24(25,26)27/h6-8,10,14,32,34H,5,9,11-12H2,1-4H3,(H2,28,30). The highest BCUT2D eigenvalue weighted by molar-refractivity contribution is 6.09. The number of aromatic hydroxyl groups is 1. The molecule has 0 radical (unpaired) electrons. The number of hydrogen-bond acceptors (Lipinski definition) is 6. The molecule has 0 aliphatic carbocycles. The van der Waals surface area contributed by atoms with E-state index in [1.807, 2.05) is 6.92 Å². The minimum absolute atomic E-state index is 0.00903. The molecule has 3 rings (SSSR count). The number of rotatable bonds is 6. The lowest BCUT2D eigenvalue weighted by molar-refractivity contribution is -0.137. The second-order valence-corrected chi connectivity index (χ2v) is 9.07. The molecule has 1 aromatic heterocycles. The molecule has 1 aliphatic heterocycles. The molecule has 1 atom stereocenters. The summed E-state index contributed by atoms with van der Waals surface area (Å²) in [5.41, 5.74) is 5.04. The number of pyridine rings is 1. The molecule has 10 heteroatoms. The van der Waals surface area contributed by atoms with Crippen LogP contribution in [0.3, 0.4) is 0 Å². The summed E-state index contributed by atoms with van der Waals surface area (Å²) in [4.78, 5) is 22.6. The highest BCUT2D eigenvalue weighted by atomic mass is 19.4. The number of aryl methyl sites for hydroxylation is 1. The minimum Gasteiger partial charge on any atom is -0.507 e. The predicted octanol–water partition coefficient (Wildman–Crippen LogP) is 3.79. The van der Waals surface area contributed by atoms with Crippen molar-refractivity contribution in [1.82, 2.24) is 9.88 Å². The third-order valence-electron chi connectivity index (χ3n) is 5.84. The monoisotopic (exact) mass is 478 g/mol. The number of anilines is 1. The molecule has 2 aromatic rings. The highest BCUT2D eigenvalue weighted by Crippen LogP contribution is 2.39. The van der Waals surface area contributed by atoms with Crippen molar-refractivity contribution in [2.75, 3.05) is 25.4 Å². The van der Waals surface area contributed by atoms with Crippen LogP contribution >= 0.6 is 0 Å². The van der Waals surface area contributed by atoms with Crippen LogP contribution in [0.1, 0.15) is 43.9 Å². The number of carbonyl (C=O) groups is 1. The van der Waals surface area contributed by atoms with Crippen LogP contribution in [0.25, 0.3) is 11.3 Å². The van der Waals surface area contributed by atoms with E-state index in [9.17, 15) is 28.2 Å². The Kier molecular flexibility index (Phi) is 6.93. The maximum Gasteiger partial charge on any atom is 0.416 e. The average molecular weight is 479 g/mol. The van der Waals surface area contributed by atoms with Gasteiger partial charge in [-0.25, -0.2) is 4.98 Å². The number of nitrogen functional groups attached to an aromatic ring is 1. The summed E-state index contributed by atoms with van der Waals surface area (Å²) < 4.78 is 39.1. The number of aliphatic imine (C=N–C) groups is 1. The largest absolute Gasteiger partial charge is 0.507 e. The molecule has 184 valence electrons. The van der Waals surface area contributed by atoms with Crippen molar-refractivity contribution in [3.05, 3.63) is 41.0 Å². The zero-order chi connectivity index (χ0) is 25.4. The molecule has 0 spiro atoms. The molecular weight excluding hydrogens is 449 g/mol. The third kappa shape index (κ3) is 5.32. The molecule has 0 bridgehead atoms. The molecule has 4 N–H and O–H groups in total. The van der Waals surface area contributed by atoms with E-state index < -0.39 is 23.1 Å². The molecule has 7 nitrogen and oxygen atoms in total. The summed E-state index contributed by atoms with van der Waals surface area (Å²) in [5, 5.41) is 21.0. The van der Waals surface area contributed by atoms with Gasteiger partial charge in [-0.05, 0) is 57.5 Å². The number of aliphatic hydroxyl groups is 1. The zero-order valence-corrected chi connectivity index (χ0v) is 19.6. The number of likely N-dealkylation sites (tertiary alicyclic amines) is 1. The summed E-state index contributed by atoms with van der Waals surface area (Å²) in [6, 6.07) is 4.68. The number of alkyl halides is 3. The lowest BCUT2D eigenvalue weighted by Gasteiger charge is -2.23. The molecule has 1 saturated heterocycles. The number of phenols is 1. The molecule has 1 aliphatic rings. The van der Waals surface area contributed by atoms with Crippen molar-refractivity contribution in [2.45, 2.75) is 45.9 Å². The quantitative estimate of drug-likeness (QED) is 0.547. The molecule has 1 fully saturated rings. The second kappa shape index (κ2) is 9.25. The molecule has 1 aromatic carbocycles. The fourth-order valence-corrected chi connectivity index (χ4v) is 4.19. The number of aromatic nitrogens is 1. The second-order valence-electron chi connectivity index (χ2n) is 9.07. The van der Waals surface area contributed by atoms with E-state index in [0.29, 0.717) is 43.4 Å². The van der Waals surface area contributed by atoms with Gasteiger partial charge in [-0.2, -0.15) is 13.2 Å². The van der Waals surface area contributed by atoms with E-state index in [1.165, 1.54) is 13.0 Å². The van der Waals surface area contributed by atoms with Crippen LogP contribution in [-0.4, -0.2) is 57.0 Å². The first kappa shape index (κ1) is 25.5. The van der Waals surface area contributed by atoms with Gasteiger partial charge in [0, 0.05) is 43.1 Å². The van der Waals surface area contributed by atoms with Crippen molar-refractivity contribution in [3.63, 3.8) is 0 Å². The van der Waals surface area contributed by atoms with Gasteiger partial charge in [0.1, 0.15) is 17.2 Å². The first-order valence-corrected chi connectivity index (χ1v) is 11.0. The Hall–Kier alpha value is -3.14. The Morgan fingerprint density at radius 3 is 2.47 bits per heavy atom. The van der Waals surface area contributed by atoms with Gasteiger partial charge in [0.15, 0.2) is 0 Å². The third-order valence-corrected chi connectivity index (χ3v) is 5.84. The summed E-state index contributed by atoms with van der Waals surface area (Å²) in [5.74, 6) is -0.459. The van der Waals surface area contributed by atoms with Gasteiger partial charge < -0.3 is 20.8 Å². The van der Waals surface area contributed by atoms with Crippen LogP contribution in [0.5, 0.6) is 5.75 Å². The summed E-state index contributed by atoms with van der Waals surface area (Å²) >= 11 is 0. The van der Waals surface area contributed by atoms with E-state index in [-0.39, 0.29) is 34.5 Å². The van der Waals surface area contributed by atoms with Gasteiger partial charge in [0.2, 0.25) is 5.91 Å². The molecule has 1 unspecified atom stereocenters. The fraction of sp³-hybridized carbons (Fsp3) is 0.458. The molecular formula is C24H29F3N4O3. The van der Waals surface area contributed by atoms with Crippen molar-refractivity contribution in [2.24, 2.45) is 10.9 Å². The molecule has 2 heterocycles. The van der Waals surface area contributed by atoms with Crippen LogP contribution in [0.4, 0.5) is 19.0 Å². The van der Waals surface area contributed by atoms with Gasteiger partial charge >= 0.3 is 6.18 Å². The Labute approximate surface area is 196 Å². The molecule has 1 amide bonds. The van der Waals surface area contributed by atoms with Crippen LogP contribution in [0.2, 0.25) is 0 Å². The number of benzene rings is 1. The van der Waals surface area contributed by atoms with Gasteiger partial charge in [0.25, 0.3) is 0 Å². The number of halogens is 3. The topological polar surface area (TPSA) is 112 Å². The molecule has 0 saturated carbocycles. The summed E-state index contributed by atoms with van der Waals surface area (Å²) in [6.07, 6.45) is -4.21. The lowest BCUT2D eigenvalue weighted by atomic mass is 9.94. The molecule has 34 heavy (non-hydrogen) atoms. The van der Waals surface area contributed by atoms with Crippen molar-refractivity contribution >= 4 is 17.4 Å². The minimum atomic E-state index is -4.59. The van der Waals surface area contributed by atoms with E-state index in [0.717, 1.165) is 6.07 Å². The SMILES string of the molecule is CCN1CC(CN=C(c2ccc(-c3c(C)cc(C(F)(F)F)cc3O)nc2N)C(C)(C)O)CC1=O. The van der Waals surface area contributed by atoms with Gasteiger partial charge in [0.05, 0.1) is 17.0 Å². The number of hydrogen-bond donors (Lipinski definition) is 3. The van der Waals surface area contributed by atoms with Crippen molar-refractivity contribution < 1.29 is 28.2 Å². The number of nitrogens with zero attached hydrogens (tertiary/aromatic N) is 3. The van der Waals surface area contributed by atoms with Crippen molar-refractivity contribution in [3.8, 4) is 17.0 Å². The van der Waals surface area contributed by atoms with Crippen LogP contribution in [0, 0.1) is 12.8 Å². The van der Waals surface area contributed by atoms with Gasteiger partial charge in [-0.1, -0.05) is 0 Å². The van der Waals surface area contributed by atoms with Crippen molar-refractivity contribution in [1.29, 1.82) is 0 Å². The predicted molar refractivity (Wildman–Crippen MR) is 124 cm³/mol. The Morgan fingerprint density at radius 2 is 1.97 bits per heavy atom. The normalized spacial score (nSPS) is 17.5. The Balaban J connectivity index is 1.95. The van der Waals surface area contributed by atoms with Crippen LogP contribution in [0.15, 0.2) is 29.3 Å². The number of amides is 1. The van der Waals surface area contributed by atoms with Crippen LogP contribution < -0.4 is 5.73 Å². The first-order valence-electron chi connectivity index (χ1n) is 11.0. The van der Waals surface area contributed by atoms with E-state index in [1.54, 1.807) is 24.8 Å². The number of nitrogens with two attached hydrogens (primary N) is 1. The van der Waals surface area contributed by atoms with Crippen LogP contribution in [-0.2, 0) is 11.0 Å². The number of phenolic OH excluding ortho intramolecular Hbond substituents is 1. The summed E-state index contributed by atoms with van der Waals surface area (Å²) in [7, 11) is 0. The fourth-order valence-electron chi connectivity index (χ4n) is 4.19. The zero-order valence-electron chi connectivity index (χ0n) is 19.6. The Bertz CT molecular complexity index is 1100. The number of carbonyl (C=O) groups excluding carboxylic acids is 1. The van der Waals surface area contributed by atoms with E-state index in [4.69, 9.17) is 5.73 Å². The van der Waals surface area contributed by atoms with Gasteiger partial charge in [-0.15, -0.1) is 0 Å². The van der Waals surface area contributed by atoms with E-state index >= 15 is 0 Å². The first-order chi connectivity index (χ1) is 15.7. The smallest absolute Gasteiger partial charge is 0.416 e.